The molecule has 1 heterocycles. The number of nitrogens with zero attached hydrogens (tertiary/aromatic N) is 1. The van der Waals surface area contributed by atoms with E-state index in [0.717, 1.165) is 10.5 Å². The van der Waals surface area contributed by atoms with Gasteiger partial charge in [0.1, 0.15) is 0 Å². The lowest BCUT2D eigenvalue weighted by molar-refractivity contribution is -0.115. The van der Waals surface area contributed by atoms with Gasteiger partial charge >= 0.3 is 0 Å². The molecule has 1 aliphatic heterocycles. The van der Waals surface area contributed by atoms with Crippen LogP contribution in [0.4, 0.5) is 5.69 Å². The van der Waals surface area contributed by atoms with Gasteiger partial charge in [-0.1, -0.05) is 6.07 Å². The summed E-state index contributed by atoms with van der Waals surface area (Å²) in [6.45, 7) is 4.76. The van der Waals surface area contributed by atoms with Crippen LogP contribution < -0.4 is 14.8 Å². The maximum absolute atomic E-state index is 12.9. The van der Waals surface area contributed by atoms with Crippen LogP contribution in [-0.2, 0) is 11.3 Å². The number of fused-ring (bicyclic) bond motifs is 1. The Morgan fingerprint density at radius 1 is 1.21 bits per heavy atom. The van der Waals surface area contributed by atoms with Crippen molar-refractivity contribution in [3.63, 3.8) is 0 Å². The highest BCUT2D eigenvalue weighted by molar-refractivity contribution is 8.00. The molecule has 28 heavy (non-hydrogen) atoms. The molecule has 0 aliphatic carbocycles. The number of benzene rings is 2. The molecule has 2 amide bonds. The van der Waals surface area contributed by atoms with Gasteiger partial charge in [0.05, 0.1) is 24.7 Å². The first-order valence-electron chi connectivity index (χ1n) is 9.09. The molecule has 0 unspecified atom stereocenters. The van der Waals surface area contributed by atoms with Crippen molar-refractivity contribution >= 4 is 29.3 Å². The predicted octanol–water partition coefficient (Wildman–Crippen LogP) is 3.80. The van der Waals surface area contributed by atoms with Crippen LogP contribution in [0.2, 0.25) is 0 Å². The summed E-state index contributed by atoms with van der Waals surface area (Å²) in [6.07, 6.45) is 0. The standard InChI is InChI=1S/C21H24N2O4S/c1-5-27-17-8-6-14(10-18(17)26-4)12-23(3)21(25)15-7-9-19-16(11-15)22-20(24)13(2)28-19/h6-11,13H,5,12H2,1-4H3,(H,22,24)/t13-/m1/s1. The Kier molecular flexibility index (Phi) is 6.14. The molecule has 2 aromatic carbocycles. The van der Waals surface area contributed by atoms with E-state index >= 15 is 0 Å². The highest BCUT2D eigenvalue weighted by Crippen LogP contribution is 2.36. The smallest absolute Gasteiger partial charge is 0.253 e. The van der Waals surface area contributed by atoms with E-state index in [1.807, 2.05) is 38.1 Å². The van der Waals surface area contributed by atoms with Gasteiger partial charge in [-0.2, -0.15) is 0 Å². The lowest BCUT2D eigenvalue weighted by Gasteiger charge is -2.23. The van der Waals surface area contributed by atoms with Gasteiger partial charge in [-0.25, -0.2) is 0 Å². The van der Waals surface area contributed by atoms with E-state index in [1.54, 1.807) is 31.2 Å². The van der Waals surface area contributed by atoms with Crippen LogP contribution in [0.5, 0.6) is 11.5 Å². The molecule has 0 fully saturated rings. The fourth-order valence-corrected chi connectivity index (χ4v) is 3.92. The van der Waals surface area contributed by atoms with Crippen molar-refractivity contribution in [1.82, 2.24) is 4.90 Å². The quantitative estimate of drug-likeness (QED) is 0.799. The first-order valence-corrected chi connectivity index (χ1v) is 9.97. The summed E-state index contributed by atoms with van der Waals surface area (Å²) < 4.78 is 10.9. The van der Waals surface area contributed by atoms with E-state index < -0.39 is 0 Å². The van der Waals surface area contributed by atoms with Gasteiger partial charge in [-0.15, -0.1) is 11.8 Å². The van der Waals surface area contributed by atoms with Gasteiger partial charge in [0, 0.05) is 24.1 Å². The second-order valence-corrected chi connectivity index (χ2v) is 7.92. The molecular weight excluding hydrogens is 376 g/mol. The number of rotatable bonds is 6. The molecule has 0 saturated carbocycles. The van der Waals surface area contributed by atoms with Crippen molar-refractivity contribution in [2.45, 2.75) is 30.5 Å². The molecule has 1 N–H and O–H groups in total. The third-order valence-corrected chi connectivity index (χ3v) is 5.63. The summed E-state index contributed by atoms with van der Waals surface area (Å²) in [5.74, 6) is 1.16. The van der Waals surface area contributed by atoms with Gasteiger partial charge in [0.2, 0.25) is 5.91 Å². The van der Waals surface area contributed by atoms with Crippen LogP contribution >= 0.6 is 11.8 Å². The average Bonchev–Trinajstić information content (AvgIpc) is 2.69. The Morgan fingerprint density at radius 3 is 2.71 bits per heavy atom. The zero-order valence-electron chi connectivity index (χ0n) is 16.4. The minimum absolute atomic E-state index is 0.0445. The first kappa shape index (κ1) is 20.1. The van der Waals surface area contributed by atoms with Crippen molar-refractivity contribution < 1.29 is 19.1 Å². The zero-order valence-corrected chi connectivity index (χ0v) is 17.3. The lowest BCUT2D eigenvalue weighted by Crippen LogP contribution is -2.28. The van der Waals surface area contributed by atoms with Crippen LogP contribution in [0.15, 0.2) is 41.3 Å². The van der Waals surface area contributed by atoms with Crippen molar-refractivity contribution in [2.75, 3.05) is 26.1 Å². The Hall–Kier alpha value is -2.67. The number of hydrogen-bond donors (Lipinski definition) is 1. The second kappa shape index (κ2) is 8.56. The van der Waals surface area contributed by atoms with Gasteiger partial charge in [-0.05, 0) is 49.7 Å². The van der Waals surface area contributed by atoms with Crippen molar-refractivity contribution in [2.24, 2.45) is 0 Å². The topological polar surface area (TPSA) is 67.9 Å². The minimum atomic E-state index is -0.133. The molecule has 2 aromatic rings. The average molecular weight is 401 g/mol. The molecule has 0 spiro atoms. The number of amides is 2. The lowest BCUT2D eigenvalue weighted by atomic mass is 10.1. The van der Waals surface area contributed by atoms with Gasteiger partial charge in [-0.3, -0.25) is 9.59 Å². The molecule has 7 heteroatoms. The maximum atomic E-state index is 12.9. The summed E-state index contributed by atoms with van der Waals surface area (Å²) in [7, 11) is 3.34. The fourth-order valence-electron chi connectivity index (χ4n) is 2.99. The molecule has 0 bridgehead atoms. The maximum Gasteiger partial charge on any atom is 0.253 e. The minimum Gasteiger partial charge on any atom is -0.493 e. The van der Waals surface area contributed by atoms with Crippen molar-refractivity contribution in [3.8, 4) is 11.5 Å². The highest BCUT2D eigenvalue weighted by Gasteiger charge is 2.24. The molecule has 0 radical (unpaired) electrons. The number of methoxy groups -OCH3 is 1. The van der Waals surface area contributed by atoms with Crippen LogP contribution in [0.3, 0.4) is 0 Å². The SMILES string of the molecule is CCOc1ccc(CN(C)C(=O)c2ccc3c(c2)NC(=O)[C@@H](C)S3)cc1OC. The van der Waals surface area contributed by atoms with Crippen LogP contribution in [0.1, 0.15) is 29.8 Å². The Morgan fingerprint density at radius 2 is 2.00 bits per heavy atom. The first-order chi connectivity index (χ1) is 13.4. The molecule has 6 nitrogen and oxygen atoms in total. The summed E-state index contributed by atoms with van der Waals surface area (Å²) in [6, 6.07) is 11.1. The Bertz CT molecular complexity index is 900. The number of carbonyl (C=O) groups is 2. The number of nitrogens with one attached hydrogen (secondary N) is 1. The molecule has 0 saturated heterocycles. The Balaban J connectivity index is 1.75. The van der Waals surface area contributed by atoms with E-state index in [-0.39, 0.29) is 17.1 Å². The van der Waals surface area contributed by atoms with E-state index in [1.165, 1.54) is 11.8 Å². The molecule has 148 valence electrons. The van der Waals surface area contributed by atoms with Crippen LogP contribution in [0.25, 0.3) is 0 Å². The molecule has 0 aromatic heterocycles. The number of thioether (sulfide) groups is 1. The van der Waals surface area contributed by atoms with Gasteiger partial charge in [0.25, 0.3) is 5.91 Å². The highest BCUT2D eigenvalue weighted by atomic mass is 32.2. The van der Waals surface area contributed by atoms with Crippen LogP contribution in [-0.4, -0.2) is 42.7 Å². The fraction of sp³-hybridized carbons (Fsp3) is 0.333. The van der Waals surface area contributed by atoms with E-state index in [0.29, 0.717) is 35.9 Å². The summed E-state index contributed by atoms with van der Waals surface area (Å²) in [4.78, 5) is 27.4. The van der Waals surface area contributed by atoms with E-state index in [2.05, 4.69) is 5.32 Å². The van der Waals surface area contributed by atoms with E-state index in [4.69, 9.17) is 9.47 Å². The van der Waals surface area contributed by atoms with Crippen LogP contribution in [0, 0.1) is 0 Å². The summed E-state index contributed by atoms with van der Waals surface area (Å²) >= 11 is 1.50. The third-order valence-electron chi connectivity index (χ3n) is 4.45. The third kappa shape index (κ3) is 4.25. The van der Waals surface area contributed by atoms with Gasteiger partial charge < -0.3 is 19.7 Å². The predicted molar refractivity (Wildman–Crippen MR) is 110 cm³/mol. The number of anilines is 1. The largest absolute Gasteiger partial charge is 0.493 e. The molecular formula is C21H24N2O4S. The second-order valence-electron chi connectivity index (χ2n) is 6.54. The van der Waals surface area contributed by atoms with Crippen molar-refractivity contribution in [3.05, 3.63) is 47.5 Å². The Labute approximate surface area is 169 Å². The number of carbonyl (C=O) groups excluding carboxylic acids is 2. The summed E-state index contributed by atoms with van der Waals surface area (Å²) in [5.41, 5.74) is 2.16. The van der Waals surface area contributed by atoms with Crippen molar-refractivity contribution in [1.29, 1.82) is 0 Å². The zero-order chi connectivity index (χ0) is 20.3. The molecule has 3 rings (SSSR count). The molecule has 1 atom stereocenters. The molecule has 1 aliphatic rings. The normalized spacial score (nSPS) is 15.4. The monoisotopic (exact) mass is 400 g/mol. The summed E-state index contributed by atoms with van der Waals surface area (Å²) in [5, 5.41) is 2.73. The van der Waals surface area contributed by atoms with E-state index in [9.17, 15) is 9.59 Å². The number of hydrogen-bond acceptors (Lipinski definition) is 5. The van der Waals surface area contributed by atoms with Gasteiger partial charge in [0.15, 0.2) is 11.5 Å². The number of ether oxygens (including phenoxy) is 2.